The van der Waals surface area contributed by atoms with Gasteiger partial charge >= 0.3 is 5.97 Å². The SMILES string of the molecule is COCc1cc(-c2nc(-c3ccc(CNCC(=O)O)cc3)no2)ccc1-c1ccccc1F.Cl. The minimum absolute atomic E-state index is 0. The second-order valence-electron chi connectivity index (χ2n) is 7.40. The van der Waals surface area contributed by atoms with E-state index in [0.717, 1.165) is 22.3 Å². The molecule has 0 saturated carbocycles. The normalized spacial score (nSPS) is 10.6. The van der Waals surface area contributed by atoms with E-state index in [2.05, 4.69) is 15.5 Å². The van der Waals surface area contributed by atoms with Crippen LogP contribution in [0.5, 0.6) is 0 Å². The Kier molecular flexibility index (Phi) is 8.48. The molecule has 1 aromatic heterocycles. The summed E-state index contributed by atoms with van der Waals surface area (Å²) in [5, 5.41) is 15.6. The number of rotatable bonds is 9. The number of aromatic nitrogens is 2. The fraction of sp³-hybridized carbons (Fsp3) is 0.160. The minimum atomic E-state index is -0.901. The third-order valence-corrected chi connectivity index (χ3v) is 5.06. The molecule has 0 aliphatic carbocycles. The van der Waals surface area contributed by atoms with E-state index >= 15 is 0 Å². The highest BCUT2D eigenvalue weighted by molar-refractivity contribution is 5.85. The van der Waals surface area contributed by atoms with E-state index in [-0.39, 0.29) is 24.8 Å². The summed E-state index contributed by atoms with van der Waals surface area (Å²) in [6, 6.07) is 19.6. The van der Waals surface area contributed by atoms with Gasteiger partial charge in [0.15, 0.2) is 0 Å². The summed E-state index contributed by atoms with van der Waals surface area (Å²) in [5.74, 6) is -0.429. The van der Waals surface area contributed by atoms with Gasteiger partial charge in [-0.25, -0.2) is 4.39 Å². The zero-order valence-electron chi connectivity index (χ0n) is 18.3. The van der Waals surface area contributed by atoms with Gasteiger partial charge in [-0.2, -0.15) is 4.98 Å². The summed E-state index contributed by atoms with van der Waals surface area (Å²) < 4.78 is 25.1. The largest absolute Gasteiger partial charge is 0.480 e. The highest BCUT2D eigenvalue weighted by Crippen LogP contribution is 2.31. The summed E-state index contributed by atoms with van der Waals surface area (Å²) in [6.07, 6.45) is 0. The molecule has 0 atom stereocenters. The van der Waals surface area contributed by atoms with Gasteiger partial charge < -0.3 is 19.7 Å². The lowest BCUT2D eigenvalue weighted by molar-refractivity contribution is -0.136. The van der Waals surface area contributed by atoms with Crippen molar-refractivity contribution in [2.45, 2.75) is 13.2 Å². The van der Waals surface area contributed by atoms with E-state index in [1.165, 1.54) is 6.07 Å². The van der Waals surface area contributed by atoms with Crippen molar-refractivity contribution in [2.75, 3.05) is 13.7 Å². The Labute approximate surface area is 202 Å². The maximum absolute atomic E-state index is 14.3. The van der Waals surface area contributed by atoms with Crippen molar-refractivity contribution < 1.29 is 23.6 Å². The topological polar surface area (TPSA) is 97.5 Å². The summed E-state index contributed by atoms with van der Waals surface area (Å²) >= 11 is 0. The smallest absolute Gasteiger partial charge is 0.317 e. The molecule has 4 aromatic rings. The number of carbonyl (C=O) groups is 1. The van der Waals surface area contributed by atoms with Crippen LogP contribution < -0.4 is 5.32 Å². The van der Waals surface area contributed by atoms with Crippen molar-refractivity contribution in [1.29, 1.82) is 0 Å². The zero-order valence-corrected chi connectivity index (χ0v) is 19.1. The molecule has 176 valence electrons. The van der Waals surface area contributed by atoms with Gasteiger partial charge in [0, 0.05) is 30.3 Å². The fourth-order valence-electron chi connectivity index (χ4n) is 3.49. The number of nitrogens with zero attached hydrogens (tertiary/aromatic N) is 2. The predicted molar refractivity (Wildman–Crippen MR) is 128 cm³/mol. The molecular weight excluding hydrogens is 461 g/mol. The van der Waals surface area contributed by atoms with Crippen LogP contribution in [0.3, 0.4) is 0 Å². The van der Waals surface area contributed by atoms with E-state index in [9.17, 15) is 9.18 Å². The summed E-state index contributed by atoms with van der Waals surface area (Å²) in [4.78, 5) is 15.1. The molecule has 0 fully saturated rings. The Morgan fingerprint density at radius 2 is 1.79 bits per heavy atom. The molecule has 2 N–H and O–H groups in total. The van der Waals surface area contributed by atoms with Gasteiger partial charge in [0.05, 0.1) is 13.2 Å². The van der Waals surface area contributed by atoms with Crippen LogP contribution in [0.1, 0.15) is 11.1 Å². The van der Waals surface area contributed by atoms with Crippen molar-refractivity contribution in [2.24, 2.45) is 0 Å². The number of aliphatic carboxylic acids is 1. The van der Waals surface area contributed by atoms with E-state index in [1.54, 1.807) is 25.3 Å². The molecule has 7 nitrogen and oxygen atoms in total. The standard InChI is InChI=1S/C25H22FN3O4.ClH/c1-32-15-19-12-18(10-11-20(19)21-4-2-3-5-22(21)26)25-28-24(29-33-25)17-8-6-16(7-9-17)13-27-14-23(30)31;/h2-12,27H,13-15H2,1H3,(H,30,31);1H. The number of methoxy groups -OCH3 is 1. The number of carboxylic acid groups (broad SMARTS) is 1. The summed E-state index contributed by atoms with van der Waals surface area (Å²) in [5.41, 5.74) is 4.46. The Balaban J connectivity index is 0.00000324. The van der Waals surface area contributed by atoms with Gasteiger partial charge in [0.25, 0.3) is 5.89 Å². The van der Waals surface area contributed by atoms with E-state index < -0.39 is 5.97 Å². The third-order valence-electron chi connectivity index (χ3n) is 5.06. The van der Waals surface area contributed by atoms with Crippen molar-refractivity contribution in [3.63, 3.8) is 0 Å². The van der Waals surface area contributed by atoms with Crippen LogP contribution in [-0.2, 0) is 22.7 Å². The average molecular weight is 484 g/mol. The lowest BCUT2D eigenvalue weighted by Gasteiger charge is -2.11. The van der Waals surface area contributed by atoms with Gasteiger partial charge in [-0.1, -0.05) is 53.7 Å². The number of nitrogens with one attached hydrogen (secondary N) is 1. The molecule has 9 heteroatoms. The van der Waals surface area contributed by atoms with Crippen molar-refractivity contribution >= 4 is 18.4 Å². The molecule has 1 heterocycles. The zero-order chi connectivity index (χ0) is 23.2. The predicted octanol–water partition coefficient (Wildman–Crippen LogP) is 4.95. The molecule has 0 amide bonds. The summed E-state index contributed by atoms with van der Waals surface area (Å²) in [7, 11) is 1.59. The Bertz CT molecular complexity index is 1260. The molecule has 0 saturated heterocycles. The first-order valence-electron chi connectivity index (χ1n) is 10.3. The lowest BCUT2D eigenvalue weighted by atomic mass is 9.97. The Morgan fingerprint density at radius 1 is 1.06 bits per heavy atom. The lowest BCUT2D eigenvalue weighted by Crippen LogP contribution is -2.21. The third kappa shape index (κ3) is 5.85. The highest BCUT2D eigenvalue weighted by Gasteiger charge is 2.15. The molecule has 0 spiro atoms. The van der Waals surface area contributed by atoms with Gasteiger partial charge in [0.1, 0.15) is 5.82 Å². The highest BCUT2D eigenvalue weighted by atomic mass is 35.5. The van der Waals surface area contributed by atoms with Crippen LogP contribution in [0.2, 0.25) is 0 Å². The number of hydrogen-bond acceptors (Lipinski definition) is 6. The van der Waals surface area contributed by atoms with Gasteiger partial charge in [0.2, 0.25) is 5.82 Å². The van der Waals surface area contributed by atoms with E-state index in [4.69, 9.17) is 14.4 Å². The van der Waals surface area contributed by atoms with Crippen molar-refractivity contribution in [1.82, 2.24) is 15.5 Å². The van der Waals surface area contributed by atoms with Crippen LogP contribution in [-0.4, -0.2) is 34.9 Å². The molecule has 0 bridgehead atoms. The Hall–Kier alpha value is -3.59. The minimum Gasteiger partial charge on any atom is -0.480 e. The molecule has 0 radical (unpaired) electrons. The molecule has 0 aliphatic heterocycles. The second-order valence-corrected chi connectivity index (χ2v) is 7.40. The van der Waals surface area contributed by atoms with Gasteiger partial charge in [-0.05, 0) is 34.9 Å². The van der Waals surface area contributed by atoms with Crippen LogP contribution in [0, 0.1) is 5.82 Å². The number of halogens is 2. The second kappa shape index (κ2) is 11.5. The van der Waals surface area contributed by atoms with Crippen LogP contribution >= 0.6 is 12.4 Å². The monoisotopic (exact) mass is 483 g/mol. The average Bonchev–Trinajstić information content (AvgIpc) is 3.30. The maximum atomic E-state index is 14.3. The fourth-order valence-corrected chi connectivity index (χ4v) is 3.49. The first kappa shape index (κ1) is 25.0. The van der Waals surface area contributed by atoms with Crippen molar-refractivity contribution in [3.8, 4) is 34.0 Å². The maximum Gasteiger partial charge on any atom is 0.317 e. The number of benzene rings is 3. The van der Waals surface area contributed by atoms with E-state index in [0.29, 0.717) is 36.0 Å². The number of hydrogen-bond donors (Lipinski definition) is 2. The van der Waals surface area contributed by atoms with E-state index in [1.807, 2.05) is 42.5 Å². The first-order chi connectivity index (χ1) is 16.0. The molecule has 34 heavy (non-hydrogen) atoms. The molecule has 4 rings (SSSR count). The number of carboxylic acids is 1. The molecular formula is C25H23ClFN3O4. The quantitative estimate of drug-likeness (QED) is 0.347. The number of ether oxygens (including phenoxy) is 1. The van der Waals surface area contributed by atoms with Crippen LogP contribution in [0.15, 0.2) is 71.3 Å². The molecule has 0 aliphatic rings. The first-order valence-corrected chi connectivity index (χ1v) is 10.3. The molecule has 3 aromatic carbocycles. The van der Waals surface area contributed by atoms with Crippen LogP contribution in [0.4, 0.5) is 4.39 Å². The van der Waals surface area contributed by atoms with Crippen LogP contribution in [0.25, 0.3) is 34.0 Å². The van der Waals surface area contributed by atoms with Gasteiger partial charge in [-0.15, -0.1) is 12.4 Å². The van der Waals surface area contributed by atoms with Crippen molar-refractivity contribution in [3.05, 3.63) is 83.7 Å². The Morgan fingerprint density at radius 3 is 2.50 bits per heavy atom. The molecule has 0 unspecified atom stereocenters. The summed E-state index contributed by atoms with van der Waals surface area (Å²) in [6.45, 7) is 0.646. The van der Waals surface area contributed by atoms with Gasteiger partial charge in [-0.3, -0.25) is 4.79 Å².